The Morgan fingerprint density at radius 3 is 1.98 bits per heavy atom. The van der Waals surface area contributed by atoms with E-state index in [-0.39, 0.29) is 37.8 Å². The Morgan fingerprint density at radius 2 is 1.39 bits per heavy atom. The average Bonchev–Trinajstić information content (AvgIpc) is 3.42. The van der Waals surface area contributed by atoms with Gasteiger partial charge in [0.15, 0.2) is 6.10 Å². The quantitative estimate of drug-likeness (QED) is 0.0490. The number of esters is 1. The van der Waals surface area contributed by atoms with Crippen molar-refractivity contribution in [2.24, 2.45) is 0 Å². The van der Waals surface area contributed by atoms with Crippen LogP contribution in [0.1, 0.15) is 95.4 Å². The predicted octanol–water partition coefficient (Wildman–Crippen LogP) is 9.63. The summed E-state index contributed by atoms with van der Waals surface area (Å²) in [6.07, 6.45) is 1.12. The molecule has 1 aliphatic carbocycles. The summed E-state index contributed by atoms with van der Waals surface area (Å²) in [4.78, 5) is 26.6. The number of hydrogen-bond acceptors (Lipinski definition) is 9. The smallest absolute Gasteiger partial charge is 0.463 e. The molecule has 0 fully saturated rings. The van der Waals surface area contributed by atoms with E-state index >= 15 is 0 Å². The largest absolute Gasteiger partial charge is 0.508 e. The standard InChI is InChI=1S/C42H56O8S/c1-8-10-22-45-26-37(50-41(44)48-25-36-34-18-14-12-16-32(34)33-17-13-15-19-35(33)36)38(27-47-30(4)43)49-40(28-46-23-11-9-2)51-39-24-31(42(5,6)7)21-20-29(39)3/h12-21,24,36-38,40H,8-11,22-23,25-28H2,1-7H3/t37-,38?,40-/m0/s1. The minimum Gasteiger partial charge on any atom is -0.463 e. The van der Waals surface area contributed by atoms with E-state index in [1.165, 1.54) is 12.5 Å². The number of unbranched alkanes of at least 4 members (excludes halogenated alkanes) is 2. The second kappa shape index (κ2) is 20.0. The molecule has 0 saturated carbocycles. The number of benzene rings is 3. The van der Waals surface area contributed by atoms with Crippen LogP contribution in [0.4, 0.5) is 4.79 Å². The fourth-order valence-electron chi connectivity index (χ4n) is 5.90. The lowest BCUT2D eigenvalue weighted by Gasteiger charge is -2.30. The SMILES string of the molecule is CCCCOC[C@H](OC(=O)OCC1c2ccccc2-c2ccccc21)C(COC(C)=O)O[C@H](COCCCC)Sc1cc(C(C)(C)C)ccc1C. The normalized spacial score (nSPS) is 14.3. The molecule has 1 aliphatic rings. The Kier molecular flexibility index (Phi) is 15.9. The summed E-state index contributed by atoms with van der Waals surface area (Å²) in [6.45, 7) is 15.6. The molecule has 0 amide bonds. The molecule has 0 spiro atoms. The number of hydrogen-bond donors (Lipinski definition) is 0. The monoisotopic (exact) mass is 720 g/mol. The van der Waals surface area contributed by atoms with E-state index in [4.69, 9.17) is 28.4 Å². The number of ether oxygens (including phenoxy) is 6. The third kappa shape index (κ3) is 12.1. The molecular formula is C42H56O8S. The number of carbonyl (C=O) groups excluding carboxylic acids is 2. The fraction of sp³-hybridized carbons (Fsp3) is 0.524. The van der Waals surface area contributed by atoms with Crippen molar-refractivity contribution in [1.29, 1.82) is 0 Å². The zero-order chi connectivity index (χ0) is 36.8. The highest BCUT2D eigenvalue weighted by molar-refractivity contribution is 7.99. The van der Waals surface area contributed by atoms with Gasteiger partial charge in [0, 0.05) is 31.0 Å². The van der Waals surface area contributed by atoms with Crippen LogP contribution in [0.3, 0.4) is 0 Å². The highest BCUT2D eigenvalue weighted by Crippen LogP contribution is 2.44. The van der Waals surface area contributed by atoms with Crippen molar-refractivity contribution < 1.29 is 38.0 Å². The molecule has 278 valence electrons. The lowest BCUT2D eigenvalue weighted by molar-refractivity contribution is -0.156. The molecule has 0 N–H and O–H groups in total. The second-order valence-corrected chi connectivity index (χ2v) is 15.3. The number of carbonyl (C=O) groups is 2. The predicted molar refractivity (Wildman–Crippen MR) is 202 cm³/mol. The summed E-state index contributed by atoms with van der Waals surface area (Å²) < 4.78 is 36.1. The maximum Gasteiger partial charge on any atom is 0.508 e. The van der Waals surface area contributed by atoms with Gasteiger partial charge in [-0.1, -0.05) is 120 Å². The van der Waals surface area contributed by atoms with Gasteiger partial charge in [0.2, 0.25) is 0 Å². The van der Waals surface area contributed by atoms with Gasteiger partial charge in [-0.2, -0.15) is 0 Å². The number of rotatable bonds is 20. The van der Waals surface area contributed by atoms with Crippen LogP contribution >= 0.6 is 11.8 Å². The summed E-state index contributed by atoms with van der Waals surface area (Å²) in [5.74, 6) is -0.585. The number of aryl methyl sites for hydroxylation is 1. The minimum atomic E-state index is -0.919. The van der Waals surface area contributed by atoms with E-state index in [1.54, 1.807) is 11.8 Å². The first kappa shape index (κ1) is 40.4. The van der Waals surface area contributed by atoms with Crippen LogP contribution in [0, 0.1) is 6.92 Å². The Labute approximate surface area is 308 Å². The van der Waals surface area contributed by atoms with E-state index in [2.05, 4.69) is 84.0 Å². The summed E-state index contributed by atoms with van der Waals surface area (Å²) >= 11 is 1.55. The van der Waals surface area contributed by atoms with Crippen LogP contribution < -0.4 is 0 Å². The first-order valence-electron chi connectivity index (χ1n) is 18.3. The molecule has 3 aromatic carbocycles. The molecule has 0 bridgehead atoms. The molecule has 3 atom stereocenters. The van der Waals surface area contributed by atoms with Gasteiger partial charge in [-0.05, 0) is 64.6 Å². The molecule has 0 aliphatic heterocycles. The van der Waals surface area contributed by atoms with Crippen molar-refractivity contribution in [1.82, 2.24) is 0 Å². The molecular weight excluding hydrogens is 665 g/mol. The van der Waals surface area contributed by atoms with Crippen molar-refractivity contribution in [3.8, 4) is 11.1 Å². The Morgan fingerprint density at radius 1 is 0.784 bits per heavy atom. The van der Waals surface area contributed by atoms with Gasteiger partial charge in [0.25, 0.3) is 0 Å². The van der Waals surface area contributed by atoms with Crippen molar-refractivity contribution in [3.05, 3.63) is 89.0 Å². The van der Waals surface area contributed by atoms with Gasteiger partial charge in [-0.3, -0.25) is 4.79 Å². The zero-order valence-corrected chi connectivity index (χ0v) is 32.2. The van der Waals surface area contributed by atoms with E-state index in [0.717, 1.165) is 58.4 Å². The van der Waals surface area contributed by atoms with Crippen molar-refractivity contribution in [2.75, 3.05) is 39.6 Å². The minimum absolute atomic E-state index is 0.0351. The molecule has 9 heteroatoms. The molecule has 0 aromatic heterocycles. The summed E-state index contributed by atoms with van der Waals surface area (Å²) in [7, 11) is 0. The van der Waals surface area contributed by atoms with Gasteiger partial charge in [0.1, 0.15) is 24.8 Å². The lowest BCUT2D eigenvalue weighted by atomic mass is 9.87. The molecule has 4 rings (SSSR count). The number of thioether (sulfide) groups is 1. The topological polar surface area (TPSA) is 89.5 Å². The van der Waals surface area contributed by atoms with Gasteiger partial charge in [-0.15, -0.1) is 0 Å². The molecule has 0 heterocycles. The molecule has 3 aromatic rings. The zero-order valence-electron chi connectivity index (χ0n) is 31.4. The van der Waals surface area contributed by atoms with Crippen LogP contribution in [-0.4, -0.2) is 69.4 Å². The van der Waals surface area contributed by atoms with Gasteiger partial charge in [0.05, 0.1) is 13.2 Å². The third-order valence-corrected chi connectivity index (χ3v) is 10.1. The lowest BCUT2D eigenvalue weighted by Crippen LogP contribution is -2.43. The first-order valence-corrected chi connectivity index (χ1v) is 19.1. The van der Waals surface area contributed by atoms with Gasteiger partial charge < -0.3 is 28.4 Å². The van der Waals surface area contributed by atoms with E-state index in [1.807, 2.05) is 24.3 Å². The van der Waals surface area contributed by atoms with Crippen molar-refractivity contribution >= 4 is 23.9 Å². The van der Waals surface area contributed by atoms with E-state index in [9.17, 15) is 9.59 Å². The first-order chi connectivity index (χ1) is 24.5. The van der Waals surface area contributed by atoms with Crippen LogP contribution in [0.5, 0.6) is 0 Å². The van der Waals surface area contributed by atoms with Gasteiger partial charge in [-0.25, -0.2) is 4.79 Å². The highest BCUT2D eigenvalue weighted by Gasteiger charge is 2.34. The molecule has 0 saturated heterocycles. The summed E-state index contributed by atoms with van der Waals surface area (Å²) in [5, 5.41) is 0. The van der Waals surface area contributed by atoms with Crippen LogP contribution in [-0.2, 0) is 38.6 Å². The van der Waals surface area contributed by atoms with Crippen LogP contribution in [0.15, 0.2) is 71.6 Å². The van der Waals surface area contributed by atoms with E-state index in [0.29, 0.717) is 13.2 Å². The summed E-state index contributed by atoms with van der Waals surface area (Å²) in [5.41, 5.74) is 6.28. The molecule has 51 heavy (non-hydrogen) atoms. The molecule has 1 unspecified atom stereocenters. The number of fused-ring (bicyclic) bond motifs is 3. The maximum absolute atomic E-state index is 13.5. The summed E-state index contributed by atoms with van der Waals surface area (Å²) in [6, 6.07) is 22.8. The Balaban J connectivity index is 1.55. The third-order valence-electron chi connectivity index (χ3n) is 8.90. The van der Waals surface area contributed by atoms with Crippen LogP contribution in [0.25, 0.3) is 11.1 Å². The Hall–Kier alpha value is -3.37. The fourth-order valence-corrected chi connectivity index (χ4v) is 7.00. The van der Waals surface area contributed by atoms with Crippen LogP contribution in [0.2, 0.25) is 0 Å². The average molecular weight is 721 g/mol. The van der Waals surface area contributed by atoms with Crippen molar-refractivity contribution in [2.45, 2.75) is 108 Å². The van der Waals surface area contributed by atoms with E-state index < -0.39 is 29.8 Å². The molecule has 0 radical (unpaired) electrons. The second-order valence-electron chi connectivity index (χ2n) is 14.1. The Bertz CT molecular complexity index is 1500. The van der Waals surface area contributed by atoms with Gasteiger partial charge >= 0.3 is 12.1 Å². The maximum atomic E-state index is 13.5. The van der Waals surface area contributed by atoms with Crippen molar-refractivity contribution in [3.63, 3.8) is 0 Å². The molecule has 8 nitrogen and oxygen atoms in total. The highest BCUT2D eigenvalue weighted by atomic mass is 32.2.